The van der Waals surface area contributed by atoms with Crippen LogP contribution in [0, 0.1) is 0 Å². The molecule has 0 atom stereocenters. The zero-order valence-corrected chi connectivity index (χ0v) is 11.7. The van der Waals surface area contributed by atoms with Crippen LogP contribution in [0.15, 0.2) is 18.2 Å². The summed E-state index contributed by atoms with van der Waals surface area (Å²) in [6, 6.07) is 6.57. The smallest absolute Gasteiger partial charge is 0.303 e. The first kappa shape index (κ1) is 13.9. The van der Waals surface area contributed by atoms with Gasteiger partial charge in [0.1, 0.15) is 0 Å². The number of fused-ring (bicyclic) bond motifs is 1. The summed E-state index contributed by atoms with van der Waals surface area (Å²) in [6.45, 7) is 3.91. The highest BCUT2D eigenvalue weighted by atomic mass is 16.4. The normalized spacial score (nSPS) is 13.9. The summed E-state index contributed by atoms with van der Waals surface area (Å²) in [5, 5.41) is 8.74. The quantitative estimate of drug-likeness (QED) is 0.854. The van der Waals surface area contributed by atoms with Crippen molar-refractivity contribution < 1.29 is 9.90 Å². The third kappa shape index (κ3) is 3.49. The number of hydrogen-bond donors (Lipinski definition) is 1. The number of anilines is 1. The number of rotatable bonds is 6. The van der Waals surface area contributed by atoms with Crippen molar-refractivity contribution in [3.63, 3.8) is 0 Å². The summed E-state index contributed by atoms with van der Waals surface area (Å²) in [5.41, 5.74) is 4.30. The molecule has 0 unspecified atom stereocenters. The van der Waals surface area contributed by atoms with Crippen LogP contribution in [0.4, 0.5) is 5.69 Å². The molecule has 0 saturated carbocycles. The number of aryl methyl sites for hydroxylation is 1. The predicted molar refractivity (Wildman–Crippen MR) is 77.8 cm³/mol. The topological polar surface area (TPSA) is 40.5 Å². The highest BCUT2D eigenvalue weighted by Crippen LogP contribution is 2.30. The van der Waals surface area contributed by atoms with E-state index in [9.17, 15) is 4.79 Å². The lowest BCUT2D eigenvalue weighted by atomic mass is 9.90. The van der Waals surface area contributed by atoms with Crippen LogP contribution in [0.1, 0.15) is 43.7 Å². The Balaban J connectivity index is 2.11. The third-order valence-electron chi connectivity index (χ3n) is 3.91. The number of nitrogens with zero attached hydrogens (tertiary/aromatic N) is 1. The van der Waals surface area contributed by atoms with Gasteiger partial charge in [-0.25, -0.2) is 0 Å². The van der Waals surface area contributed by atoms with Crippen molar-refractivity contribution in [2.24, 2.45) is 0 Å². The molecule has 3 heteroatoms. The van der Waals surface area contributed by atoms with E-state index in [1.807, 2.05) is 0 Å². The van der Waals surface area contributed by atoms with E-state index in [-0.39, 0.29) is 6.42 Å². The maximum Gasteiger partial charge on any atom is 0.303 e. The number of carboxylic acids is 1. The molecule has 0 heterocycles. The van der Waals surface area contributed by atoms with E-state index < -0.39 is 5.97 Å². The van der Waals surface area contributed by atoms with Gasteiger partial charge >= 0.3 is 5.97 Å². The maximum absolute atomic E-state index is 10.6. The number of carbonyl (C=O) groups is 1. The second-order valence-electron chi connectivity index (χ2n) is 5.20. The van der Waals surface area contributed by atoms with E-state index in [2.05, 4.69) is 30.0 Å². The lowest BCUT2D eigenvalue weighted by Gasteiger charge is -2.28. The minimum absolute atomic E-state index is 0.255. The molecule has 0 radical (unpaired) electrons. The van der Waals surface area contributed by atoms with E-state index in [0.29, 0.717) is 6.42 Å². The molecule has 0 amide bonds. The second-order valence-corrected chi connectivity index (χ2v) is 5.20. The minimum Gasteiger partial charge on any atom is -0.481 e. The summed E-state index contributed by atoms with van der Waals surface area (Å²) in [5.74, 6) is -0.703. The number of benzene rings is 1. The van der Waals surface area contributed by atoms with Crippen LogP contribution in [-0.2, 0) is 17.6 Å². The Hall–Kier alpha value is -1.51. The first-order chi connectivity index (χ1) is 9.22. The Bertz CT molecular complexity index is 442. The van der Waals surface area contributed by atoms with Gasteiger partial charge in [-0.2, -0.15) is 0 Å². The molecule has 1 aliphatic carbocycles. The van der Waals surface area contributed by atoms with E-state index in [4.69, 9.17) is 5.11 Å². The summed E-state index contributed by atoms with van der Waals surface area (Å²) in [4.78, 5) is 12.9. The second kappa shape index (κ2) is 6.60. The zero-order valence-electron chi connectivity index (χ0n) is 11.7. The van der Waals surface area contributed by atoms with Gasteiger partial charge in [-0.3, -0.25) is 4.79 Å². The molecule has 3 nitrogen and oxygen atoms in total. The standard InChI is InChI=1S/C16H23NO2/c1-2-17(12-6-11-16(18)19)15-10-5-8-13-7-3-4-9-14(13)15/h5,8,10H,2-4,6-7,9,11-12H2,1H3,(H,18,19). The summed E-state index contributed by atoms with van der Waals surface area (Å²) in [6.07, 6.45) is 5.90. The van der Waals surface area contributed by atoms with Gasteiger partial charge in [-0.05, 0) is 56.2 Å². The van der Waals surface area contributed by atoms with Crippen LogP contribution < -0.4 is 4.90 Å². The van der Waals surface area contributed by atoms with Gasteiger partial charge in [-0.15, -0.1) is 0 Å². The average Bonchev–Trinajstić information content (AvgIpc) is 2.43. The van der Waals surface area contributed by atoms with Crippen LogP contribution in [0.3, 0.4) is 0 Å². The lowest BCUT2D eigenvalue weighted by molar-refractivity contribution is -0.137. The van der Waals surface area contributed by atoms with Gasteiger partial charge in [-0.1, -0.05) is 12.1 Å². The molecule has 104 valence electrons. The van der Waals surface area contributed by atoms with Crippen LogP contribution >= 0.6 is 0 Å². The van der Waals surface area contributed by atoms with Gasteiger partial charge in [0.15, 0.2) is 0 Å². The van der Waals surface area contributed by atoms with Gasteiger partial charge in [0.25, 0.3) is 0 Å². The molecule has 0 saturated heterocycles. The predicted octanol–water partition coefficient (Wildman–Crippen LogP) is 3.26. The Morgan fingerprint density at radius 3 is 2.84 bits per heavy atom. The Labute approximate surface area is 115 Å². The number of hydrogen-bond acceptors (Lipinski definition) is 2. The molecule has 1 aromatic carbocycles. The van der Waals surface area contributed by atoms with Crippen molar-refractivity contribution in [3.8, 4) is 0 Å². The zero-order chi connectivity index (χ0) is 13.7. The Morgan fingerprint density at radius 2 is 2.11 bits per heavy atom. The summed E-state index contributed by atoms with van der Waals surface area (Å²) in [7, 11) is 0. The van der Waals surface area contributed by atoms with Crippen molar-refractivity contribution >= 4 is 11.7 Å². The van der Waals surface area contributed by atoms with E-state index in [1.165, 1.54) is 42.5 Å². The lowest BCUT2D eigenvalue weighted by Crippen LogP contribution is -2.26. The van der Waals surface area contributed by atoms with Gasteiger partial charge in [0, 0.05) is 25.2 Å². The summed E-state index contributed by atoms with van der Waals surface area (Å²) >= 11 is 0. The Morgan fingerprint density at radius 1 is 1.32 bits per heavy atom. The highest BCUT2D eigenvalue weighted by molar-refractivity contribution is 5.66. The maximum atomic E-state index is 10.6. The van der Waals surface area contributed by atoms with E-state index in [0.717, 1.165) is 13.1 Å². The molecule has 1 aromatic rings. The summed E-state index contributed by atoms with van der Waals surface area (Å²) < 4.78 is 0. The minimum atomic E-state index is -0.703. The number of aliphatic carboxylic acids is 1. The Kier molecular flexibility index (Phi) is 4.83. The molecular weight excluding hydrogens is 238 g/mol. The number of carboxylic acid groups (broad SMARTS) is 1. The van der Waals surface area contributed by atoms with Gasteiger partial charge < -0.3 is 10.0 Å². The molecule has 1 aliphatic rings. The van der Waals surface area contributed by atoms with Crippen molar-refractivity contribution in [1.82, 2.24) is 0 Å². The van der Waals surface area contributed by atoms with Crippen LogP contribution in [0.2, 0.25) is 0 Å². The van der Waals surface area contributed by atoms with Crippen LogP contribution in [-0.4, -0.2) is 24.2 Å². The molecule has 0 aliphatic heterocycles. The van der Waals surface area contributed by atoms with E-state index in [1.54, 1.807) is 0 Å². The fourth-order valence-corrected chi connectivity index (χ4v) is 2.93. The largest absolute Gasteiger partial charge is 0.481 e. The van der Waals surface area contributed by atoms with E-state index >= 15 is 0 Å². The SMILES string of the molecule is CCN(CCCC(=O)O)c1cccc2c1CCCC2. The van der Waals surface area contributed by atoms with Crippen molar-refractivity contribution in [2.75, 3.05) is 18.0 Å². The van der Waals surface area contributed by atoms with Crippen molar-refractivity contribution in [1.29, 1.82) is 0 Å². The molecule has 0 spiro atoms. The first-order valence-corrected chi connectivity index (χ1v) is 7.30. The van der Waals surface area contributed by atoms with Crippen LogP contribution in [0.5, 0.6) is 0 Å². The van der Waals surface area contributed by atoms with Gasteiger partial charge in [0.05, 0.1) is 0 Å². The molecule has 0 aromatic heterocycles. The monoisotopic (exact) mass is 261 g/mol. The molecule has 0 bridgehead atoms. The third-order valence-corrected chi connectivity index (χ3v) is 3.91. The van der Waals surface area contributed by atoms with Crippen molar-refractivity contribution in [2.45, 2.75) is 45.4 Å². The highest BCUT2D eigenvalue weighted by Gasteiger charge is 2.16. The van der Waals surface area contributed by atoms with Crippen molar-refractivity contribution in [3.05, 3.63) is 29.3 Å². The fraction of sp³-hybridized carbons (Fsp3) is 0.562. The molecule has 0 fully saturated rings. The van der Waals surface area contributed by atoms with Crippen LogP contribution in [0.25, 0.3) is 0 Å². The fourth-order valence-electron chi connectivity index (χ4n) is 2.93. The molecular formula is C16H23NO2. The van der Waals surface area contributed by atoms with Gasteiger partial charge in [0.2, 0.25) is 0 Å². The first-order valence-electron chi connectivity index (χ1n) is 7.30. The molecule has 2 rings (SSSR count). The molecule has 1 N–H and O–H groups in total. The molecule has 19 heavy (non-hydrogen) atoms. The average molecular weight is 261 g/mol.